The molecule has 0 spiro atoms. The predicted molar refractivity (Wildman–Crippen MR) is 52.1 cm³/mol. The minimum Gasteiger partial charge on any atom is -0.103 e. The third kappa shape index (κ3) is 6.35. The summed E-state index contributed by atoms with van der Waals surface area (Å²) in [6, 6.07) is 0. The fourth-order valence-electron chi connectivity index (χ4n) is 0.756. The normalized spacial score (nSPS) is 13.1. The molecule has 0 rings (SSSR count). The highest BCUT2D eigenvalue weighted by Crippen LogP contribution is 2.14. The molecule has 0 saturated carbocycles. The second-order valence-electron chi connectivity index (χ2n) is 2.25. The van der Waals surface area contributed by atoms with Crippen LogP contribution >= 0.6 is 22.6 Å². The quantitative estimate of drug-likeness (QED) is 0.390. The van der Waals surface area contributed by atoms with Crippen LogP contribution in [-0.4, -0.2) is 3.92 Å². The lowest BCUT2D eigenvalue weighted by Gasteiger charge is -2.04. The van der Waals surface area contributed by atoms with Gasteiger partial charge in [0.05, 0.1) is 0 Å². The second-order valence-corrected chi connectivity index (χ2v) is 4.01. The standard InChI is InChI=1S/C8H15I/c1-3-5-7-8(9)6-4-2/h3,8H,1,4-7H2,2H3. The average molecular weight is 238 g/mol. The Kier molecular flexibility index (Phi) is 6.93. The van der Waals surface area contributed by atoms with Crippen molar-refractivity contribution < 1.29 is 0 Å². The van der Waals surface area contributed by atoms with E-state index in [0.717, 1.165) is 3.92 Å². The summed E-state index contributed by atoms with van der Waals surface area (Å²) in [5.41, 5.74) is 0. The van der Waals surface area contributed by atoms with Gasteiger partial charge in [-0.15, -0.1) is 6.58 Å². The lowest BCUT2D eigenvalue weighted by atomic mass is 10.1. The van der Waals surface area contributed by atoms with Crippen LogP contribution in [0.1, 0.15) is 32.6 Å². The number of alkyl halides is 1. The van der Waals surface area contributed by atoms with E-state index in [0.29, 0.717) is 0 Å². The van der Waals surface area contributed by atoms with Crippen molar-refractivity contribution in [1.29, 1.82) is 0 Å². The fraction of sp³-hybridized carbons (Fsp3) is 0.750. The van der Waals surface area contributed by atoms with Crippen molar-refractivity contribution in [3.8, 4) is 0 Å². The molecule has 0 aliphatic heterocycles. The Morgan fingerprint density at radius 2 is 2.22 bits per heavy atom. The Hall–Kier alpha value is 0.470. The van der Waals surface area contributed by atoms with Gasteiger partial charge in [0.1, 0.15) is 0 Å². The molecule has 0 fully saturated rings. The topological polar surface area (TPSA) is 0 Å². The molecular weight excluding hydrogens is 223 g/mol. The number of halogens is 1. The number of hydrogen-bond donors (Lipinski definition) is 0. The lowest BCUT2D eigenvalue weighted by molar-refractivity contribution is 0.713. The maximum absolute atomic E-state index is 3.69. The largest absolute Gasteiger partial charge is 0.103 e. The monoisotopic (exact) mass is 238 g/mol. The van der Waals surface area contributed by atoms with Crippen molar-refractivity contribution in [2.24, 2.45) is 0 Å². The van der Waals surface area contributed by atoms with E-state index in [1.54, 1.807) is 0 Å². The number of rotatable bonds is 5. The third-order valence-corrected chi connectivity index (χ3v) is 2.53. The van der Waals surface area contributed by atoms with E-state index in [1.807, 2.05) is 6.08 Å². The van der Waals surface area contributed by atoms with E-state index in [9.17, 15) is 0 Å². The van der Waals surface area contributed by atoms with Gasteiger partial charge in [0.15, 0.2) is 0 Å². The summed E-state index contributed by atoms with van der Waals surface area (Å²) in [4.78, 5) is 0. The van der Waals surface area contributed by atoms with Gasteiger partial charge >= 0.3 is 0 Å². The highest BCUT2D eigenvalue weighted by atomic mass is 127. The molecule has 0 aliphatic carbocycles. The maximum Gasteiger partial charge on any atom is 0.0112 e. The molecule has 0 heterocycles. The molecule has 54 valence electrons. The SMILES string of the molecule is C=CCCC(I)CCC. The summed E-state index contributed by atoms with van der Waals surface area (Å²) in [6.45, 7) is 5.93. The first kappa shape index (κ1) is 9.47. The van der Waals surface area contributed by atoms with Crippen LogP contribution in [0.25, 0.3) is 0 Å². The van der Waals surface area contributed by atoms with Gasteiger partial charge in [0.25, 0.3) is 0 Å². The number of allylic oxidation sites excluding steroid dienone is 1. The van der Waals surface area contributed by atoms with Gasteiger partial charge in [0.2, 0.25) is 0 Å². The molecule has 1 unspecified atom stereocenters. The van der Waals surface area contributed by atoms with Crippen LogP contribution in [0, 0.1) is 0 Å². The minimum absolute atomic E-state index is 0.866. The Labute approximate surface area is 71.9 Å². The summed E-state index contributed by atoms with van der Waals surface area (Å²) in [7, 11) is 0. The van der Waals surface area contributed by atoms with E-state index in [1.165, 1.54) is 25.7 Å². The zero-order valence-electron chi connectivity index (χ0n) is 6.07. The zero-order chi connectivity index (χ0) is 7.11. The minimum atomic E-state index is 0.866. The first-order valence-corrected chi connectivity index (χ1v) is 4.80. The van der Waals surface area contributed by atoms with Crippen LogP contribution in [0.4, 0.5) is 0 Å². The first-order chi connectivity index (χ1) is 4.31. The van der Waals surface area contributed by atoms with Crippen molar-refractivity contribution >= 4 is 22.6 Å². The van der Waals surface area contributed by atoms with E-state index in [-0.39, 0.29) is 0 Å². The van der Waals surface area contributed by atoms with Crippen LogP contribution in [0.15, 0.2) is 12.7 Å². The predicted octanol–water partition coefficient (Wildman–Crippen LogP) is 3.56. The smallest absolute Gasteiger partial charge is 0.0112 e. The van der Waals surface area contributed by atoms with Crippen molar-refractivity contribution in [2.45, 2.75) is 36.5 Å². The van der Waals surface area contributed by atoms with E-state index < -0.39 is 0 Å². The molecule has 9 heavy (non-hydrogen) atoms. The number of hydrogen-bond acceptors (Lipinski definition) is 0. The molecule has 0 aromatic carbocycles. The van der Waals surface area contributed by atoms with Gasteiger partial charge in [-0.2, -0.15) is 0 Å². The zero-order valence-corrected chi connectivity index (χ0v) is 8.23. The Morgan fingerprint density at radius 3 is 2.67 bits per heavy atom. The Morgan fingerprint density at radius 1 is 1.56 bits per heavy atom. The van der Waals surface area contributed by atoms with Gasteiger partial charge in [-0.1, -0.05) is 42.0 Å². The van der Waals surface area contributed by atoms with Crippen molar-refractivity contribution in [1.82, 2.24) is 0 Å². The average Bonchev–Trinajstić information content (AvgIpc) is 1.85. The van der Waals surface area contributed by atoms with Crippen molar-refractivity contribution in [3.05, 3.63) is 12.7 Å². The molecule has 0 amide bonds. The molecule has 0 aliphatic rings. The fourth-order valence-corrected chi connectivity index (χ4v) is 1.74. The molecule has 0 radical (unpaired) electrons. The van der Waals surface area contributed by atoms with Crippen LogP contribution in [-0.2, 0) is 0 Å². The van der Waals surface area contributed by atoms with Gasteiger partial charge in [-0.05, 0) is 19.3 Å². The van der Waals surface area contributed by atoms with Gasteiger partial charge in [0, 0.05) is 3.92 Å². The molecule has 1 heteroatoms. The van der Waals surface area contributed by atoms with Gasteiger partial charge in [-0.25, -0.2) is 0 Å². The summed E-state index contributed by atoms with van der Waals surface area (Å²) in [6.07, 6.45) is 7.14. The second kappa shape index (κ2) is 6.59. The van der Waals surface area contributed by atoms with Crippen molar-refractivity contribution in [2.75, 3.05) is 0 Å². The highest BCUT2D eigenvalue weighted by molar-refractivity contribution is 14.1. The van der Waals surface area contributed by atoms with Gasteiger partial charge < -0.3 is 0 Å². The van der Waals surface area contributed by atoms with Crippen molar-refractivity contribution in [3.63, 3.8) is 0 Å². The molecule has 0 N–H and O–H groups in total. The van der Waals surface area contributed by atoms with Crippen LogP contribution in [0.3, 0.4) is 0 Å². The van der Waals surface area contributed by atoms with Gasteiger partial charge in [-0.3, -0.25) is 0 Å². The lowest BCUT2D eigenvalue weighted by Crippen LogP contribution is -1.94. The van der Waals surface area contributed by atoms with E-state index >= 15 is 0 Å². The molecule has 0 saturated heterocycles. The Balaban J connectivity index is 3.04. The summed E-state index contributed by atoms with van der Waals surface area (Å²) < 4.78 is 0.866. The van der Waals surface area contributed by atoms with Crippen LogP contribution in [0.2, 0.25) is 0 Å². The molecule has 1 atom stereocenters. The van der Waals surface area contributed by atoms with Crippen LogP contribution in [0.5, 0.6) is 0 Å². The Bertz CT molecular complexity index is 69.0. The molecule has 0 bridgehead atoms. The van der Waals surface area contributed by atoms with Crippen LogP contribution < -0.4 is 0 Å². The third-order valence-electron chi connectivity index (χ3n) is 1.29. The molecule has 0 aromatic heterocycles. The first-order valence-electron chi connectivity index (χ1n) is 3.56. The molecule has 0 nitrogen and oxygen atoms in total. The molecule has 0 aromatic rings. The van der Waals surface area contributed by atoms with E-state index in [2.05, 4.69) is 36.1 Å². The summed E-state index contributed by atoms with van der Waals surface area (Å²) in [5.74, 6) is 0. The van der Waals surface area contributed by atoms with E-state index in [4.69, 9.17) is 0 Å². The highest BCUT2D eigenvalue weighted by Gasteiger charge is 1.98. The molecular formula is C8H15I. The maximum atomic E-state index is 3.69. The summed E-state index contributed by atoms with van der Waals surface area (Å²) in [5, 5.41) is 0. The summed E-state index contributed by atoms with van der Waals surface area (Å²) >= 11 is 2.52.